The molecule has 0 amide bonds. The summed E-state index contributed by atoms with van der Waals surface area (Å²) >= 11 is 0. The van der Waals surface area contributed by atoms with Crippen molar-refractivity contribution in [3.05, 3.63) is 0 Å². The first kappa shape index (κ1) is 10.4. The fourth-order valence-corrected chi connectivity index (χ4v) is 3.26. The zero-order valence-electron chi connectivity index (χ0n) is 9.00. The molecule has 2 heteroatoms. The molecule has 0 bridgehead atoms. The molecule has 0 aromatic rings. The fraction of sp³-hybridized carbons (Fsp3) is 1.00. The Labute approximate surface area is 86.6 Å². The summed E-state index contributed by atoms with van der Waals surface area (Å²) in [5.74, 6) is 0.724. The van der Waals surface area contributed by atoms with Crippen LogP contribution in [-0.2, 0) is 4.74 Å². The largest absolute Gasteiger partial charge is 0.396 e. The fourth-order valence-electron chi connectivity index (χ4n) is 3.26. The standard InChI is InChI=1S/C12H22O2/c13-10-12(6-2-1-3-7-12)11-4-8-14-9-5-11/h11,13H,1-10H2. The van der Waals surface area contributed by atoms with Crippen LogP contribution in [0.3, 0.4) is 0 Å². The van der Waals surface area contributed by atoms with Gasteiger partial charge in [-0.15, -0.1) is 0 Å². The van der Waals surface area contributed by atoms with E-state index in [-0.39, 0.29) is 5.41 Å². The van der Waals surface area contributed by atoms with Crippen molar-refractivity contribution in [1.82, 2.24) is 0 Å². The molecule has 0 radical (unpaired) electrons. The second-order valence-corrected chi connectivity index (χ2v) is 4.97. The summed E-state index contributed by atoms with van der Waals surface area (Å²) in [6.07, 6.45) is 8.82. The molecule has 0 atom stereocenters. The Morgan fingerprint density at radius 1 is 1.07 bits per heavy atom. The summed E-state index contributed by atoms with van der Waals surface area (Å²) in [6, 6.07) is 0. The second kappa shape index (κ2) is 4.63. The number of aliphatic hydroxyl groups excluding tert-OH is 1. The molecule has 2 aliphatic rings. The second-order valence-electron chi connectivity index (χ2n) is 4.97. The van der Waals surface area contributed by atoms with Crippen molar-refractivity contribution in [2.24, 2.45) is 11.3 Å². The van der Waals surface area contributed by atoms with Crippen molar-refractivity contribution in [2.75, 3.05) is 19.8 Å². The van der Waals surface area contributed by atoms with E-state index in [0.717, 1.165) is 19.1 Å². The van der Waals surface area contributed by atoms with Crippen LogP contribution < -0.4 is 0 Å². The van der Waals surface area contributed by atoms with Crippen LogP contribution in [-0.4, -0.2) is 24.9 Å². The summed E-state index contributed by atoms with van der Waals surface area (Å²) in [5.41, 5.74) is 0.266. The molecular weight excluding hydrogens is 176 g/mol. The zero-order valence-corrected chi connectivity index (χ0v) is 9.00. The van der Waals surface area contributed by atoms with Crippen LogP contribution in [0.4, 0.5) is 0 Å². The molecule has 2 nitrogen and oxygen atoms in total. The average Bonchev–Trinajstić information content (AvgIpc) is 2.31. The highest BCUT2D eigenvalue weighted by atomic mass is 16.5. The smallest absolute Gasteiger partial charge is 0.0490 e. The van der Waals surface area contributed by atoms with Crippen LogP contribution in [0.1, 0.15) is 44.9 Å². The molecule has 2 fully saturated rings. The van der Waals surface area contributed by atoms with E-state index in [1.165, 1.54) is 44.9 Å². The Hall–Kier alpha value is -0.0800. The molecular formula is C12H22O2. The van der Waals surface area contributed by atoms with Gasteiger partial charge in [0, 0.05) is 19.8 Å². The Morgan fingerprint density at radius 3 is 2.29 bits per heavy atom. The predicted molar refractivity (Wildman–Crippen MR) is 56.1 cm³/mol. The van der Waals surface area contributed by atoms with Crippen LogP contribution in [0.5, 0.6) is 0 Å². The van der Waals surface area contributed by atoms with Gasteiger partial charge in [0.15, 0.2) is 0 Å². The van der Waals surface area contributed by atoms with Gasteiger partial charge >= 0.3 is 0 Å². The van der Waals surface area contributed by atoms with E-state index in [9.17, 15) is 5.11 Å². The lowest BCUT2D eigenvalue weighted by molar-refractivity contribution is -0.0374. The lowest BCUT2D eigenvalue weighted by Gasteiger charge is -2.44. The maximum Gasteiger partial charge on any atom is 0.0490 e. The third kappa shape index (κ3) is 1.96. The summed E-state index contributed by atoms with van der Waals surface area (Å²) in [7, 11) is 0. The van der Waals surface area contributed by atoms with Gasteiger partial charge in [0.05, 0.1) is 0 Å². The molecule has 1 N–H and O–H groups in total. The summed E-state index contributed by atoms with van der Waals surface area (Å²) in [4.78, 5) is 0. The average molecular weight is 198 g/mol. The maximum absolute atomic E-state index is 9.65. The maximum atomic E-state index is 9.65. The molecule has 14 heavy (non-hydrogen) atoms. The van der Waals surface area contributed by atoms with Crippen molar-refractivity contribution in [1.29, 1.82) is 0 Å². The quantitative estimate of drug-likeness (QED) is 0.738. The van der Waals surface area contributed by atoms with Gasteiger partial charge in [-0.25, -0.2) is 0 Å². The van der Waals surface area contributed by atoms with Crippen molar-refractivity contribution in [3.8, 4) is 0 Å². The molecule has 0 spiro atoms. The van der Waals surface area contributed by atoms with Crippen LogP contribution in [0, 0.1) is 11.3 Å². The summed E-state index contributed by atoms with van der Waals surface area (Å²) in [5, 5.41) is 9.65. The topological polar surface area (TPSA) is 29.5 Å². The molecule has 0 unspecified atom stereocenters. The highest BCUT2D eigenvalue weighted by Crippen LogP contribution is 2.45. The van der Waals surface area contributed by atoms with E-state index in [1.54, 1.807) is 0 Å². The first-order valence-electron chi connectivity index (χ1n) is 6.06. The minimum Gasteiger partial charge on any atom is -0.396 e. The highest BCUT2D eigenvalue weighted by molar-refractivity contribution is 4.89. The lowest BCUT2D eigenvalue weighted by atomic mass is 9.64. The predicted octanol–water partition coefficient (Wildman–Crippen LogP) is 2.36. The normalized spacial score (nSPS) is 28.9. The number of hydrogen-bond acceptors (Lipinski definition) is 2. The summed E-state index contributed by atoms with van der Waals surface area (Å²) < 4.78 is 5.40. The minimum atomic E-state index is 0.266. The van der Waals surface area contributed by atoms with Crippen LogP contribution in [0.15, 0.2) is 0 Å². The number of rotatable bonds is 2. The van der Waals surface area contributed by atoms with Gasteiger partial charge in [0.2, 0.25) is 0 Å². The first-order chi connectivity index (χ1) is 6.87. The number of hydrogen-bond donors (Lipinski definition) is 1. The van der Waals surface area contributed by atoms with Gasteiger partial charge in [-0.2, -0.15) is 0 Å². The van der Waals surface area contributed by atoms with Crippen molar-refractivity contribution in [3.63, 3.8) is 0 Å². The molecule has 2 rings (SSSR count). The zero-order chi connectivity index (χ0) is 9.86. The molecule has 0 aromatic heterocycles. The van der Waals surface area contributed by atoms with E-state index < -0.39 is 0 Å². The van der Waals surface area contributed by atoms with E-state index in [4.69, 9.17) is 4.74 Å². The Morgan fingerprint density at radius 2 is 1.71 bits per heavy atom. The molecule has 0 aromatic carbocycles. The highest BCUT2D eigenvalue weighted by Gasteiger charge is 2.39. The molecule has 1 saturated carbocycles. The monoisotopic (exact) mass is 198 g/mol. The van der Waals surface area contributed by atoms with Crippen LogP contribution in [0.25, 0.3) is 0 Å². The van der Waals surface area contributed by atoms with Gasteiger partial charge in [-0.1, -0.05) is 19.3 Å². The third-order valence-electron chi connectivity index (χ3n) is 4.25. The van der Waals surface area contributed by atoms with Gasteiger partial charge in [0.1, 0.15) is 0 Å². The van der Waals surface area contributed by atoms with Crippen LogP contribution >= 0.6 is 0 Å². The van der Waals surface area contributed by atoms with Gasteiger partial charge in [0.25, 0.3) is 0 Å². The van der Waals surface area contributed by atoms with Crippen LogP contribution in [0.2, 0.25) is 0 Å². The van der Waals surface area contributed by atoms with Crippen molar-refractivity contribution >= 4 is 0 Å². The van der Waals surface area contributed by atoms with E-state index in [0.29, 0.717) is 6.61 Å². The number of ether oxygens (including phenoxy) is 1. The SMILES string of the molecule is OCC1(C2CCOCC2)CCCCC1. The molecule has 1 aliphatic carbocycles. The molecule has 82 valence electrons. The van der Waals surface area contributed by atoms with E-state index >= 15 is 0 Å². The Bertz CT molecular complexity index is 167. The van der Waals surface area contributed by atoms with Crippen molar-refractivity contribution < 1.29 is 9.84 Å². The number of aliphatic hydroxyl groups is 1. The Kier molecular flexibility index (Phi) is 3.45. The van der Waals surface area contributed by atoms with Gasteiger partial charge < -0.3 is 9.84 Å². The first-order valence-corrected chi connectivity index (χ1v) is 6.06. The van der Waals surface area contributed by atoms with Gasteiger partial charge in [-0.3, -0.25) is 0 Å². The van der Waals surface area contributed by atoms with Crippen molar-refractivity contribution in [2.45, 2.75) is 44.9 Å². The molecule has 1 heterocycles. The minimum absolute atomic E-state index is 0.266. The molecule has 1 saturated heterocycles. The molecule has 1 aliphatic heterocycles. The van der Waals surface area contributed by atoms with E-state index in [1.807, 2.05) is 0 Å². The van der Waals surface area contributed by atoms with E-state index in [2.05, 4.69) is 0 Å². The Balaban J connectivity index is 2.01. The summed E-state index contributed by atoms with van der Waals surface area (Å²) in [6.45, 7) is 2.22. The van der Waals surface area contributed by atoms with Gasteiger partial charge in [-0.05, 0) is 37.0 Å². The lowest BCUT2D eigenvalue weighted by Crippen LogP contribution is -2.39. The third-order valence-corrected chi connectivity index (χ3v) is 4.25.